The SMILES string of the molecule is CCc1oc(C(=O)N(Cc2ccc(Br)cc2)C(C)C)cc1C(=O)O. The number of rotatable bonds is 6. The highest BCUT2D eigenvalue weighted by Gasteiger charge is 2.25. The van der Waals surface area contributed by atoms with E-state index in [1.165, 1.54) is 6.07 Å². The van der Waals surface area contributed by atoms with Crippen molar-refractivity contribution in [2.45, 2.75) is 39.8 Å². The van der Waals surface area contributed by atoms with Crippen LogP contribution in [0, 0.1) is 0 Å². The summed E-state index contributed by atoms with van der Waals surface area (Å²) in [7, 11) is 0. The number of carbonyl (C=O) groups is 2. The lowest BCUT2D eigenvalue weighted by Gasteiger charge is -2.26. The lowest BCUT2D eigenvalue weighted by Crippen LogP contribution is -2.36. The van der Waals surface area contributed by atoms with Gasteiger partial charge in [-0.25, -0.2) is 4.79 Å². The fraction of sp³-hybridized carbons (Fsp3) is 0.333. The van der Waals surface area contributed by atoms with Gasteiger partial charge in [0.15, 0.2) is 5.76 Å². The first-order chi connectivity index (χ1) is 11.3. The van der Waals surface area contributed by atoms with Gasteiger partial charge in [-0.05, 0) is 31.5 Å². The predicted octanol–water partition coefficient (Wildman–Crippen LogP) is 4.35. The Hall–Kier alpha value is -2.08. The highest BCUT2D eigenvalue weighted by Crippen LogP contribution is 2.21. The quantitative estimate of drug-likeness (QED) is 0.791. The Morgan fingerprint density at radius 2 is 1.88 bits per heavy atom. The molecule has 2 aromatic rings. The van der Waals surface area contributed by atoms with Gasteiger partial charge in [0.05, 0.1) is 0 Å². The first-order valence-corrected chi connectivity index (χ1v) is 8.54. The van der Waals surface area contributed by atoms with E-state index in [-0.39, 0.29) is 23.3 Å². The third kappa shape index (κ3) is 4.06. The molecule has 1 amide bonds. The summed E-state index contributed by atoms with van der Waals surface area (Å²) in [6.45, 7) is 6.05. The molecule has 0 spiro atoms. The number of furan rings is 1. The van der Waals surface area contributed by atoms with Gasteiger partial charge in [0, 0.05) is 29.5 Å². The molecule has 0 saturated carbocycles. The first-order valence-electron chi connectivity index (χ1n) is 7.74. The molecule has 0 aliphatic rings. The number of hydrogen-bond donors (Lipinski definition) is 1. The van der Waals surface area contributed by atoms with Crippen LogP contribution in [-0.4, -0.2) is 27.9 Å². The molecule has 0 fully saturated rings. The van der Waals surface area contributed by atoms with Gasteiger partial charge < -0.3 is 14.4 Å². The molecule has 1 aromatic carbocycles. The van der Waals surface area contributed by atoms with E-state index in [2.05, 4.69) is 15.9 Å². The molecular weight excluding hydrogens is 374 g/mol. The average molecular weight is 394 g/mol. The molecule has 0 aliphatic carbocycles. The average Bonchev–Trinajstić information content (AvgIpc) is 2.98. The number of aromatic carboxylic acids is 1. The van der Waals surface area contributed by atoms with Crippen LogP contribution in [-0.2, 0) is 13.0 Å². The van der Waals surface area contributed by atoms with E-state index in [0.717, 1.165) is 10.0 Å². The predicted molar refractivity (Wildman–Crippen MR) is 94.2 cm³/mol. The Morgan fingerprint density at radius 1 is 1.25 bits per heavy atom. The standard InChI is InChI=1S/C18H20BrNO4/c1-4-15-14(18(22)23)9-16(24-15)17(21)20(11(2)3)10-12-5-7-13(19)8-6-12/h5-9,11H,4,10H2,1-3H3,(H,22,23). The van der Waals surface area contributed by atoms with Crippen molar-refractivity contribution in [3.63, 3.8) is 0 Å². The number of halogens is 1. The van der Waals surface area contributed by atoms with Crippen molar-refractivity contribution in [3.05, 3.63) is 57.5 Å². The topological polar surface area (TPSA) is 70.8 Å². The Bertz CT molecular complexity index is 734. The molecule has 1 N–H and O–H groups in total. The maximum Gasteiger partial charge on any atom is 0.339 e. The summed E-state index contributed by atoms with van der Waals surface area (Å²) >= 11 is 3.39. The molecule has 6 heteroatoms. The molecule has 0 atom stereocenters. The van der Waals surface area contributed by atoms with Gasteiger partial charge in [-0.3, -0.25) is 4.79 Å². The van der Waals surface area contributed by atoms with Crippen LogP contribution >= 0.6 is 15.9 Å². The van der Waals surface area contributed by atoms with Crippen molar-refractivity contribution < 1.29 is 19.1 Å². The van der Waals surface area contributed by atoms with Crippen LogP contribution in [0.25, 0.3) is 0 Å². The molecule has 0 aliphatic heterocycles. The lowest BCUT2D eigenvalue weighted by molar-refractivity contribution is 0.0653. The van der Waals surface area contributed by atoms with Gasteiger partial charge >= 0.3 is 5.97 Å². The van der Waals surface area contributed by atoms with Crippen LogP contribution in [0.4, 0.5) is 0 Å². The van der Waals surface area contributed by atoms with Crippen molar-refractivity contribution in [2.75, 3.05) is 0 Å². The molecule has 2 rings (SSSR count). The van der Waals surface area contributed by atoms with Gasteiger partial charge in [-0.1, -0.05) is 35.0 Å². The number of hydrogen-bond acceptors (Lipinski definition) is 3. The monoisotopic (exact) mass is 393 g/mol. The van der Waals surface area contributed by atoms with Gasteiger partial charge in [0.2, 0.25) is 0 Å². The van der Waals surface area contributed by atoms with Crippen molar-refractivity contribution in [2.24, 2.45) is 0 Å². The summed E-state index contributed by atoms with van der Waals surface area (Å²) in [4.78, 5) is 25.7. The highest BCUT2D eigenvalue weighted by atomic mass is 79.9. The summed E-state index contributed by atoms with van der Waals surface area (Å²) in [6, 6.07) is 8.99. The zero-order valence-electron chi connectivity index (χ0n) is 13.9. The third-order valence-corrected chi connectivity index (χ3v) is 4.25. The van der Waals surface area contributed by atoms with Crippen LogP contribution < -0.4 is 0 Å². The minimum Gasteiger partial charge on any atom is -0.478 e. The second kappa shape index (κ2) is 7.66. The molecular formula is C18H20BrNO4. The van der Waals surface area contributed by atoms with Crippen LogP contribution in [0.3, 0.4) is 0 Å². The van der Waals surface area contributed by atoms with Crippen molar-refractivity contribution in [3.8, 4) is 0 Å². The molecule has 0 radical (unpaired) electrons. The second-order valence-electron chi connectivity index (χ2n) is 5.76. The van der Waals surface area contributed by atoms with E-state index in [4.69, 9.17) is 4.42 Å². The summed E-state index contributed by atoms with van der Waals surface area (Å²) in [5.74, 6) is -1.01. The Balaban J connectivity index is 2.29. The normalized spacial score (nSPS) is 10.9. The number of amides is 1. The van der Waals surface area contributed by atoms with E-state index in [1.807, 2.05) is 38.1 Å². The molecule has 0 unspecified atom stereocenters. The molecule has 128 valence electrons. The maximum absolute atomic E-state index is 12.8. The van der Waals surface area contributed by atoms with E-state index >= 15 is 0 Å². The molecule has 1 heterocycles. The van der Waals surface area contributed by atoms with Gasteiger partial charge in [0.25, 0.3) is 5.91 Å². The van der Waals surface area contributed by atoms with Gasteiger partial charge in [-0.2, -0.15) is 0 Å². The van der Waals surface area contributed by atoms with Crippen LogP contribution in [0.1, 0.15) is 53.0 Å². The van der Waals surface area contributed by atoms with Gasteiger partial charge in [0.1, 0.15) is 11.3 Å². The molecule has 0 saturated heterocycles. The van der Waals surface area contributed by atoms with E-state index in [0.29, 0.717) is 18.7 Å². The summed E-state index contributed by atoms with van der Waals surface area (Å²) in [6.07, 6.45) is 0.420. The fourth-order valence-electron chi connectivity index (χ4n) is 2.39. The molecule has 5 nitrogen and oxygen atoms in total. The largest absolute Gasteiger partial charge is 0.478 e. The number of benzene rings is 1. The van der Waals surface area contributed by atoms with E-state index < -0.39 is 5.97 Å². The van der Waals surface area contributed by atoms with Crippen molar-refractivity contribution >= 4 is 27.8 Å². The molecule has 0 bridgehead atoms. The smallest absolute Gasteiger partial charge is 0.339 e. The zero-order chi connectivity index (χ0) is 17.9. The number of carboxylic acids is 1. The van der Waals surface area contributed by atoms with E-state index in [1.54, 1.807) is 11.8 Å². The van der Waals surface area contributed by atoms with Crippen LogP contribution in [0.5, 0.6) is 0 Å². The summed E-state index contributed by atoms with van der Waals surface area (Å²) in [5, 5.41) is 9.21. The van der Waals surface area contributed by atoms with Crippen LogP contribution in [0.2, 0.25) is 0 Å². The number of carboxylic acid groups (broad SMARTS) is 1. The number of aryl methyl sites for hydroxylation is 1. The van der Waals surface area contributed by atoms with Crippen LogP contribution in [0.15, 0.2) is 39.2 Å². The minimum absolute atomic E-state index is 0.0493. The second-order valence-corrected chi connectivity index (χ2v) is 6.68. The van der Waals surface area contributed by atoms with E-state index in [9.17, 15) is 14.7 Å². The van der Waals surface area contributed by atoms with Crippen molar-refractivity contribution in [1.29, 1.82) is 0 Å². The number of nitrogens with zero attached hydrogens (tertiary/aromatic N) is 1. The maximum atomic E-state index is 12.8. The zero-order valence-corrected chi connectivity index (χ0v) is 15.5. The molecule has 1 aromatic heterocycles. The van der Waals surface area contributed by atoms with Crippen molar-refractivity contribution in [1.82, 2.24) is 4.90 Å². The fourth-order valence-corrected chi connectivity index (χ4v) is 2.66. The van der Waals surface area contributed by atoms with Gasteiger partial charge in [-0.15, -0.1) is 0 Å². The first kappa shape index (κ1) is 18.3. The highest BCUT2D eigenvalue weighted by molar-refractivity contribution is 9.10. The number of carbonyl (C=O) groups excluding carboxylic acids is 1. The Labute approximate surface area is 149 Å². The minimum atomic E-state index is -1.08. The Morgan fingerprint density at radius 3 is 2.33 bits per heavy atom. The summed E-state index contributed by atoms with van der Waals surface area (Å²) < 4.78 is 6.47. The Kier molecular flexibility index (Phi) is 5.83. The molecule has 24 heavy (non-hydrogen) atoms. The third-order valence-electron chi connectivity index (χ3n) is 3.72. The summed E-state index contributed by atoms with van der Waals surface area (Å²) in [5.41, 5.74) is 1.04. The lowest BCUT2D eigenvalue weighted by atomic mass is 10.1.